The molecule has 0 saturated carbocycles. The van der Waals surface area contributed by atoms with Crippen molar-refractivity contribution in [1.82, 2.24) is 0 Å². The predicted molar refractivity (Wildman–Crippen MR) is 284 cm³/mol. The number of carbonyl (C=O) groups is 3. The number of carbonyl (C=O) groups excluding carboxylic acids is 3. The molecule has 0 radical (unpaired) electrons. The van der Waals surface area contributed by atoms with E-state index in [0.29, 0.717) is 19.3 Å². The lowest BCUT2D eigenvalue weighted by atomic mass is 10.0. The molecule has 6 heteroatoms. The van der Waals surface area contributed by atoms with Crippen LogP contribution in [0.2, 0.25) is 0 Å². The molecule has 0 aliphatic heterocycles. The maximum atomic E-state index is 12.7. The molecule has 66 heavy (non-hydrogen) atoms. The molecular weight excluding hydrogens is 817 g/mol. The number of hydrogen-bond acceptors (Lipinski definition) is 6. The predicted octanol–water partition coefficient (Wildman–Crippen LogP) is 19.0. The zero-order valence-electron chi connectivity index (χ0n) is 44.0. The highest BCUT2D eigenvalue weighted by Crippen LogP contribution is 2.16. The molecule has 1 unspecified atom stereocenters. The fourth-order valence-electron chi connectivity index (χ4n) is 8.21. The highest BCUT2D eigenvalue weighted by atomic mass is 16.6. The zero-order chi connectivity index (χ0) is 47.9. The first-order valence-corrected chi connectivity index (χ1v) is 28.6. The largest absolute Gasteiger partial charge is 0.462 e. The van der Waals surface area contributed by atoms with Crippen molar-refractivity contribution < 1.29 is 28.6 Å². The van der Waals surface area contributed by atoms with Crippen LogP contribution in [0, 0.1) is 0 Å². The second-order valence-electron chi connectivity index (χ2n) is 19.2. The van der Waals surface area contributed by atoms with E-state index in [-0.39, 0.29) is 31.1 Å². The lowest BCUT2D eigenvalue weighted by Crippen LogP contribution is -2.30. The topological polar surface area (TPSA) is 78.9 Å². The Morgan fingerprint density at radius 2 is 0.545 bits per heavy atom. The van der Waals surface area contributed by atoms with Gasteiger partial charge in [-0.15, -0.1) is 0 Å². The summed E-state index contributed by atoms with van der Waals surface area (Å²) in [4.78, 5) is 37.8. The molecule has 0 saturated heterocycles. The van der Waals surface area contributed by atoms with Crippen molar-refractivity contribution in [3.05, 3.63) is 48.6 Å². The van der Waals surface area contributed by atoms with Gasteiger partial charge in [0, 0.05) is 19.3 Å². The molecule has 0 amide bonds. The molecule has 0 fully saturated rings. The third kappa shape index (κ3) is 52.3. The minimum atomic E-state index is -0.772. The summed E-state index contributed by atoms with van der Waals surface area (Å²) in [6, 6.07) is 0. The summed E-state index contributed by atoms with van der Waals surface area (Å²) < 4.78 is 16.7. The second-order valence-corrected chi connectivity index (χ2v) is 19.2. The van der Waals surface area contributed by atoms with Crippen LogP contribution in [0.1, 0.15) is 297 Å². The number of ether oxygens (including phenoxy) is 3. The van der Waals surface area contributed by atoms with E-state index in [4.69, 9.17) is 14.2 Å². The lowest BCUT2D eigenvalue weighted by Gasteiger charge is -2.18. The summed E-state index contributed by atoms with van der Waals surface area (Å²) in [5.41, 5.74) is 0. The number of esters is 3. The van der Waals surface area contributed by atoms with Crippen molar-refractivity contribution in [1.29, 1.82) is 0 Å². The summed E-state index contributed by atoms with van der Waals surface area (Å²) in [6.07, 6.45) is 67.1. The molecule has 0 aromatic heterocycles. The van der Waals surface area contributed by atoms with Crippen molar-refractivity contribution in [2.45, 2.75) is 303 Å². The van der Waals surface area contributed by atoms with Gasteiger partial charge in [0.1, 0.15) is 13.2 Å². The molecule has 0 bridgehead atoms. The molecule has 0 rings (SSSR count). The van der Waals surface area contributed by atoms with Crippen molar-refractivity contribution in [2.24, 2.45) is 0 Å². The Hall–Kier alpha value is -2.63. The Bertz CT molecular complexity index is 1150. The van der Waals surface area contributed by atoms with Crippen LogP contribution in [-0.2, 0) is 28.6 Å². The van der Waals surface area contributed by atoms with Crippen molar-refractivity contribution in [2.75, 3.05) is 13.2 Å². The van der Waals surface area contributed by atoms with Gasteiger partial charge in [-0.05, 0) is 83.5 Å². The number of unbranched alkanes of at least 4 members (excludes halogenated alkanes) is 33. The van der Waals surface area contributed by atoms with Gasteiger partial charge in [0.15, 0.2) is 6.10 Å². The van der Waals surface area contributed by atoms with Crippen LogP contribution in [0.4, 0.5) is 0 Å². The Balaban J connectivity index is 4.04. The first-order valence-electron chi connectivity index (χ1n) is 28.6. The van der Waals surface area contributed by atoms with E-state index in [9.17, 15) is 14.4 Å². The third-order valence-electron chi connectivity index (χ3n) is 12.6. The minimum Gasteiger partial charge on any atom is -0.462 e. The van der Waals surface area contributed by atoms with Crippen molar-refractivity contribution in [3.63, 3.8) is 0 Å². The van der Waals surface area contributed by atoms with Gasteiger partial charge >= 0.3 is 17.9 Å². The molecular formula is C60H108O6. The molecule has 6 nitrogen and oxygen atoms in total. The van der Waals surface area contributed by atoms with Crippen LogP contribution in [-0.4, -0.2) is 37.2 Å². The molecule has 0 spiro atoms. The quantitative estimate of drug-likeness (QED) is 0.0262. The van der Waals surface area contributed by atoms with Gasteiger partial charge in [-0.2, -0.15) is 0 Å². The van der Waals surface area contributed by atoms with Gasteiger partial charge in [-0.25, -0.2) is 0 Å². The maximum absolute atomic E-state index is 12.7. The van der Waals surface area contributed by atoms with E-state index in [1.807, 2.05) is 0 Å². The Labute approximate surface area is 409 Å². The summed E-state index contributed by atoms with van der Waals surface area (Å²) in [7, 11) is 0. The first-order chi connectivity index (χ1) is 32.5. The molecule has 384 valence electrons. The summed E-state index contributed by atoms with van der Waals surface area (Å²) in [6.45, 7) is 6.57. The normalized spacial score (nSPS) is 12.3. The third-order valence-corrected chi connectivity index (χ3v) is 12.6. The SMILES string of the molecule is CCCCC/C=C\CCCCCCCC(=O)OC(COC(=O)CCCCCCCCC)COC(=O)CCCCCCCCCCCCCCCC/C=C\C/C=C\C/C=C\CCCCCCC. The van der Waals surface area contributed by atoms with Gasteiger partial charge in [0.2, 0.25) is 0 Å². The van der Waals surface area contributed by atoms with Crippen molar-refractivity contribution in [3.8, 4) is 0 Å². The van der Waals surface area contributed by atoms with Crippen LogP contribution in [0.25, 0.3) is 0 Å². The lowest BCUT2D eigenvalue weighted by molar-refractivity contribution is -0.167. The van der Waals surface area contributed by atoms with Crippen molar-refractivity contribution >= 4 is 17.9 Å². The van der Waals surface area contributed by atoms with Gasteiger partial charge in [0.25, 0.3) is 0 Å². The van der Waals surface area contributed by atoms with E-state index < -0.39 is 6.10 Å². The maximum Gasteiger partial charge on any atom is 0.306 e. The molecule has 0 heterocycles. The highest BCUT2D eigenvalue weighted by Gasteiger charge is 2.19. The summed E-state index contributed by atoms with van der Waals surface area (Å²) in [5.74, 6) is -0.882. The van der Waals surface area contributed by atoms with Crippen LogP contribution in [0.3, 0.4) is 0 Å². The summed E-state index contributed by atoms with van der Waals surface area (Å²) >= 11 is 0. The van der Waals surface area contributed by atoms with Gasteiger partial charge in [0.05, 0.1) is 0 Å². The number of allylic oxidation sites excluding steroid dienone is 8. The Morgan fingerprint density at radius 3 is 0.894 bits per heavy atom. The molecule has 0 aliphatic rings. The smallest absolute Gasteiger partial charge is 0.306 e. The summed E-state index contributed by atoms with van der Waals surface area (Å²) in [5, 5.41) is 0. The van der Waals surface area contributed by atoms with Gasteiger partial charge in [-0.1, -0.05) is 243 Å². The van der Waals surface area contributed by atoms with Gasteiger partial charge < -0.3 is 14.2 Å². The fourth-order valence-corrected chi connectivity index (χ4v) is 8.21. The van der Waals surface area contributed by atoms with E-state index in [1.54, 1.807) is 0 Å². The highest BCUT2D eigenvalue weighted by molar-refractivity contribution is 5.71. The average Bonchev–Trinajstić information content (AvgIpc) is 3.31. The molecule has 0 aliphatic carbocycles. The molecule has 0 aromatic carbocycles. The van der Waals surface area contributed by atoms with Gasteiger partial charge in [-0.3, -0.25) is 14.4 Å². The van der Waals surface area contributed by atoms with Crippen LogP contribution in [0.15, 0.2) is 48.6 Å². The molecule has 0 aromatic rings. The standard InChI is InChI=1S/C60H108O6/c1-4-7-10-13-16-18-20-22-23-24-25-26-27-28-29-30-31-32-33-34-35-36-37-38-40-41-44-47-50-53-59(62)65-56-57(55-64-58(61)52-49-46-43-15-12-9-6-3)66-60(63)54-51-48-45-42-39-21-19-17-14-11-8-5-2/h17,19-20,22,24-25,27-28,57H,4-16,18,21,23,26,29-56H2,1-3H3/b19-17-,22-20-,25-24-,28-27-. The zero-order valence-corrected chi connectivity index (χ0v) is 44.0. The Kier molecular flexibility index (Phi) is 52.8. The average molecular weight is 926 g/mol. The number of rotatable bonds is 52. The van der Waals surface area contributed by atoms with E-state index in [2.05, 4.69) is 69.4 Å². The fraction of sp³-hybridized carbons (Fsp3) is 0.817. The Morgan fingerprint density at radius 1 is 0.303 bits per heavy atom. The van der Waals surface area contributed by atoms with E-state index in [1.165, 1.54) is 173 Å². The van der Waals surface area contributed by atoms with Crippen LogP contribution in [0.5, 0.6) is 0 Å². The minimum absolute atomic E-state index is 0.0743. The van der Waals surface area contributed by atoms with Crippen LogP contribution >= 0.6 is 0 Å². The van der Waals surface area contributed by atoms with E-state index >= 15 is 0 Å². The number of hydrogen-bond donors (Lipinski definition) is 0. The second kappa shape index (κ2) is 55.0. The first kappa shape index (κ1) is 63.4. The monoisotopic (exact) mass is 925 g/mol. The van der Waals surface area contributed by atoms with E-state index in [0.717, 1.165) is 83.5 Å². The van der Waals surface area contributed by atoms with Crippen LogP contribution < -0.4 is 0 Å². The molecule has 1 atom stereocenters. The molecule has 0 N–H and O–H groups in total.